The molecule has 7 unspecified atom stereocenters. The Morgan fingerprint density at radius 3 is 2.55 bits per heavy atom. The summed E-state index contributed by atoms with van der Waals surface area (Å²) in [5, 5.41) is 26.2. The minimum absolute atomic E-state index is 0.0238. The summed E-state index contributed by atoms with van der Waals surface area (Å²) in [7, 11) is 1.52. The molecule has 2 aliphatic carbocycles. The average Bonchev–Trinajstić information content (AvgIpc) is 3.56. The molecule has 8 heteroatoms. The van der Waals surface area contributed by atoms with E-state index in [4.69, 9.17) is 10.5 Å². The van der Waals surface area contributed by atoms with Gasteiger partial charge in [0.05, 0.1) is 31.4 Å². The Kier molecular flexibility index (Phi) is 13.3. The molecule has 0 radical (unpaired) electrons. The van der Waals surface area contributed by atoms with Gasteiger partial charge in [0.1, 0.15) is 11.6 Å². The first-order valence-electron chi connectivity index (χ1n) is 20.3. The van der Waals surface area contributed by atoms with E-state index in [9.17, 15) is 19.8 Å². The molecule has 6 N–H and O–H groups in total. The van der Waals surface area contributed by atoms with Crippen LogP contribution in [0.3, 0.4) is 0 Å². The molecule has 0 amide bonds. The van der Waals surface area contributed by atoms with Gasteiger partial charge in [-0.15, -0.1) is 0 Å². The standard InChI is InChI=1S/C47H59N3O5/c1-5-9-40(43(52)25-37-22-36(28-50-37)29(2)3)35-20-31(18-30-16-17-49-47(48)21-30)19-33-13-15-39(32-10-7-6-8-11-32)41-27-45(54)46(55-4)24-34(41)12-14-38(51)26-44(53)42(33)23-35/h6-8,10-11,16,21-22,24,27-29,31,33,35,39-40,42-43,49-50,52,54H,5,9,12,14,17-20,23,25-26,48H2,1-4H3. The molecule has 0 bridgehead atoms. The summed E-state index contributed by atoms with van der Waals surface area (Å²) >= 11 is 0. The van der Waals surface area contributed by atoms with Gasteiger partial charge in [0.25, 0.3) is 0 Å². The lowest BCUT2D eigenvalue weighted by molar-refractivity contribution is -0.130. The van der Waals surface area contributed by atoms with E-state index in [1.165, 1.54) is 18.2 Å². The number of hydrogen-bond acceptors (Lipinski definition) is 7. The number of allylic oxidation sites excluding steroid dienone is 2. The number of benzene rings is 2. The van der Waals surface area contributed by atoms with Crippen LogP contribution < -0.4 is 15.8 Å². The summed E-state index contributed by atoms with van der Waals surface area (Å²) < 4.78 is 5.48. The topological polar surface area (TPSA) is 138 Å². The lowest BCUT2D eigenvalue weighted by atomic mass is 9.73. The molecule has 3 aliphatic rings. The van der Waals surface area contributed by atoms with Crippen molar-refractivity contribution < 1.29 is 24.5 Å². The number of carbonyl (C=O) groups is 2. The molecule has 6 rings (SSSR count). The number of aromatic amines is 1. The summed E-state index contributed by atoms with van der Waals surface area (Å²) in [6.45, 7) is 7.17. The van der Waals surface area contributed by atoms with E-state index in [0.717, 1.165) is 48.1 Å². The van der Waals surface area contributed by atoms with E-state index in [2.05, 4.69) is 55.1 Å². The average molecular weight is 746 g/mol. The highest BCUT2D eigenvalue weighted by molar-refractivity contribution is 6.00. The zero-order chi connectivity index (χ0) is 39.1. The lowest BCUT2D eigenvalue weighted by Crippen LogP contribution is -2.33. The second kappa shape index (κ2) is 18.3. The number of methoxy groups -OCH3 is 1. The number of phenols is 1. The predicted molar refractivity (Wildman–Crippen MR) is 217 cm³/mol. The second-order valence-electron chi connectivity index (χ2n) is 16.4. The number of hydrogen-bond donors (Lipinski definition) is 5. The highest BCUT2D eigenvalue weighted by Crippen LogP contribution is 2.45. The number of aliphatic hydroxyl groups excluding tert-OH is 1. The van der Waals surface area contributed by atoms with Crippen molar-refractivity contribution in [3.8, 4) is 23.3 Å². The molecule has 1 saturated carbocycles. The number of carbonyl (C=O) groups excluding carboxylic acids is 2. The first-order valence-corrected chi connectivity index (χ1v) is 20.3. The van der Waals surface area contributed by atoms with Gasteiger partial charge in [0, 0.05) is 43.1 Å². The third-order valence-electron chi connectivity index (χ3n) is 12.1. The molecule has 2 heterocycles. The number of dihydropyridines is 1. The Morgan fingerprint density at radius 2 is 1.84 bits per heavy atom. The monoisotopic (exact) mass is 745 g/mol. The summed E-state index contributed by atoms with van der Waals surface area (Å²) in [6.07, 6.45) is 11.3. The summed E-state index contributed by atoms with van der Waals surface area (Å²) in [5.74, 6) is 7.67. The molecule has 2 aromatic carbocycles. The van der Waals surface area contributed by atoms with Crippen LogP contribution in [0.1, 0.15) is 112 Å². The van der Waals surface area contributed by atoms with E-state index < -0.39 is 17.9 Å². The molecule has 1 aromatic heterocycles. The van der Waals surface area contributed by atoms with Crippen LogP contribution in [0.25, 0.3) is 0 Å². The van der Waals surface area contributed by atoms with Crippen LogP contribution in [0.5, 0.6) is 11.5 Å². The molecule has 7 atom stereocenters. The SMILES string of the molecule is CCCC(C(O)Cc1cc(C(C)C)c[nH]1)C1CC(CC2=CCNC(N)=C2)CC2C#CC(c3ccccc3)c3cc(O)c(OC)cc3CCC(=O)CC(=O)C2C1. The number of H-pyrrole nitrogens is 1. The van der Waals surface area contributed by atoms with Gasteiger partial charge in [-0.05, 0) is 114 Å². The highest BCUT2D eigenvalue weighted by Gasteiger charge is 2.41. The lowest BCUT2D eigenvalue weighted by Gasteiger charge is -2.33. The second-order valence-corrected chi connectivity index (χ2v) is 16.4. The Balaban J connectivity index is 1.43. The molecular weight excluding hydrogens is 687 g/mol. The van der Waals surface area contributed by atoms with Crippen molar-refractivity contribution in [3.63, 3.8) is 0 Å². The van der Waals surface area contributed by atoms with Crippen molar-refractivity contribution in [2.45, 2.75) is 103 Å². The van der Waals surface area contributed by atoms with E-state index in [1.54, 1.807) is 12.1 Å². The summed E-state index contributed by atoms with van der Waals surface area (Å²) in [5.41, 5.74) is 12.3. The van der Waals surface area contributed by atoms with Gasteiger partial charge < -0.3 is 31.0 Å². The van der Waals surface area contributed by atoms with Crippen molar-refractivity contribution in [2.24, 2.45) is 35.3 Å². The van der Waals surface area contributed by atoms with Crippen LogP contribution in [0, 0.1) is 41.4 Å². The van der Waals surface area contributed by atoms with E-state index in [-0.39, 0.29) is 53.8 Å². The number of aryl methyl sites for hydroxylation is 1. The Labute approximate surface area is 327 Å². The van der Waals surface area contributed by atoms with Crippen LogP contribution in [-0.2, 0) is 22.4 Å². The zero-order valence-corrected chi connectivity index (χ0v) is 32.9. The van der Waals surface area contributed by atoms with Gasteiger partial charge in [0.2, 0.25) is 0 Å². The number of ketones is 2. The molecular formula is C47H59N3O5. The van der Waals surface area contributed by atoms with Crippen molar-refractivity contribution in [1.82, 2.24) is 10.3 Å². The van der Waals surface area contributed by atoms with Crippen LogP contribution >= 0.6 is 0 Å². The molecule has 8 nitrogen and oxygen atoms in total. The van der Waals surface area contributed by atoms with Crippen LogP contribution in [0.4, 0.5) is 0 Å². The summed E-state index contributed by atoms with van der Waals surface area (Å²) in [4.78, 5) is 31.6. The van der Waals surface area contributed by atoms with Gasteiger partial charge in [-0.25, -0.2) is 0 Å². The minimum atomic E-state index is -0.591. The maximum atomic E-state index is 14.5. The first kappa shape index (κ1) is 39.9. The first-order chi connectivity index (χ1) is 26.5. The van der Waals surface area contributed by atoms with Gasteiger partial charge in [-0.2, -0.15) is 0 Å². The third-order valence-corrected chi connectivity index (χ3v) is 12.1. The molecule has 1 aliphatic heterocycles. The van der Waals surface area contributed by atoms with Crippen molar-refractivity contribution in [2.75, 3.05) is 13.7 Å². The number of Topliss-reactive ketones (excluding diaryl/α,β-unsaturated/α-hetero) is 2. The fourth-order valence-electron chi connectivity index (χ4n) is 9.26. The van der Waals surface area contributed by atoms with Crippen LogP contribution in [0.2, 0.25) is 0 Å². The molecule has 292 valence electrons. The number of aliphatic hydroxyl groups is 1. The Bertz CT molecular complexity index is 1930. The third kappa shape index (κ3) is 9.93. The normalized spacial score (nSPS) is 24.3. The number of fused-ring (bicyclic) bond motifs is 2. The number of aromatic nitrogens is 1. The molecule has 0 spiro atoms. The van der Waals surface area contributed by atoms with E-state index in [1.807, 2.05) is 42.6 Å². The number of ether oxygens (including phenoxy) is 1. The van der Waals surface area contributed by atoms with Gasteiger partial charge in [-0.1, -0.05) is 75.4 Å². The van der Waals surface area contributed by atoms with Crippen LogP contribution in [-0.4, -0.2) is 46.5 Å². The highest BCUT2D eigenvalue weighted by atomic mass is 16.5. The zero-order valence-electron chi connectivity index (χ0n) is 32.9. The molecule has 55 heavy (non-hydrogen) atoms. The number of nitrogens with one attached hydrogen (secondary N) is 2. The smallest absolute Gasteiger partial charge is 0.160 e. The van der Waals surface area contributed by atoms with Crippen LogP contribution in [0.15, 0.2) is 78.3 Å². The number of phenolic OH excluding ortho intramolecular Hbond substituents is 1. The Hall–Kier alpha value is -4.74. The minimum Gasteiger partial charge on any atom is -0.504 e. The maximum absolute atomic E-state index is 14.5. The van der Waals surface area contributed by atoms with Gasteiger partial charge in [-0.3, -0.25) is 9.59 Å². The number of rotatable bonds is 11. The van der Waals surface area contributed by atoms with Crippen molar-refractivity contribution in [1.29, 1.82) is 0 Å². The number of aromatic hydroxyl groups is 1. The molecule has 3 aromatic rings. The van der Waals surface area contributed by atoms with Gasteiger partial charge in [0.15, 0.2) is 11.5 Å². The fraction of sp³-hybridized carbons (Fsp3) is 0.489. The quantitative estimate of drug-likeness (QED) is 0.0996. The maximum Gasteiger partial charge on any atom is 0.160 e. The fourth-order valence-corrected chi connectivity index (χ4v) is 9.26. The van der Waals surface area contributed by atoms with Crippen molar-refractivity contribution in [3.05, 3.63) is 106 Å². The largest absolute Gasteiger partial charge is 0.504 e. The molecule has 0 saturated heterocycles. The Morgan fingerprint density at radius 1 is 1.04 bits per heavy atom. The molecule has 1 fully saturated rings. The van der Waals surface area contributed by atoms with E-state index >= 15 is 0 Å². The van der Waals surface area contributed by atoms with Gasteiger partial charge >= 0.3 is 0 Å². The summed E-state index contributed by atoms with van der Waals surface area (Å²) in [6, 6.07) is 15.7. The van der Waals surface area contributed by atoms with E-state index in [0.29, 0.717) is 49.7 Å². The predicted octanol–water partition coefficient (Wildman–Crippen LogP) is 7.85. The van der Waals surface area contributed by atoms with Crippen molar-refractivity contribution >= 4 is 11.6 Å². The number of nitrogens with two attached hydrogens (primary N) is 1.